The largest absolute Gasteiger partial charge is 0.466 e. The third kappa shape index (κ3) is 4.04. The number of hydrogen-bond donors (Lipinski definition) is 0. The van der Waals surface area contributed by atoms with Crippen molar-refractivity contribution in [2.45, 2.75) is 19.5 Å². The monoisotopic (exact) mass is 278 g/mol. The lowest BCUT2D eigenvalue weighted by molar-refractivity contribution is -0.142. The van der Waals surface area contributed by atoms with Crippen LogP contribution in [0.1, 0.15) is 29.3 Å². The van der Waals surface area contributed by atoms with Crippen molar-refractivity contribution >= 4 is 11.8 Å². The Morgan fingerprint density at radius 1 is 1.26 bits per heavy atom. The molecule has 0 radical (unpaired) electrons. The first-order valence-corrected chi connectivity index (χ1v) is 5.31. The van der Waals surface area contributed by atoms with Crippen molar-refractivity contribution in [3.05, 3.63) is 35.1 Å². The predicted molar refractivity (Wildman–Crippen MR) is 57.0 cm³/mol. The van der Waals surface area contributed by atoms with Crippen molar-refractivity contribution in [1.82, 2.24) is 0 Å². The minimum absolute atomic E-state index is 0.0589. The second-order valence-electron chi connectivity index (χ2n) is 3.60. The van der Waals surface area contributed by atoms with Gasteiger partial charge in [-0.15, -0.1) is 0 Å². The molecule has 0 heterocycles. The van der Waals surface area contributed by atoms with Gasteiger partial charge in [0.25, 0.3) is 0 Å². The van der Waals surface area contributed by atoms with Crippen LogP contribution >= 0.6 is 0 Å². The van der Waals surface area contributed by atoms with E-state index in [9.17, 15) is 27.2 Å². The van der Waals surface area contributed by atoms with Crippen LogP contribution in [0.3, 0.4) is 0 Å². The van der Waals surface area contributed by atoms with Crippen LogP contribution in [0.5, 0.6) is 0 Å². The lowest BCUT2D eigenvalue weighted by atomic mass is 10.0. The van der Waals surface area contributed by atoms with Crippen LogP contribution in [0, 0.1) is 5.82 Å². The molecule has 0 unspecified atom stereocenters. The summed E-state index contributed by atoms with van der Waals surface area (Å²) >= 11 is 0. The van der Waals surface area contributed by atoms with E-state index in [0.29, 0.717) is 12.1 Å². The predicted octanol–water partition coefficient (Wildman–Crippen LogP) is 2.98. The summed E-state index contributed by atoms with van der Waals surface area (Å²) in [5.41, 5.74) is -1.93. The van der Waals surface area contributed by atoms with Gasteiger partial charge >= 0.3 is 12.1 Å². The fraction of sp³-hybridized carbons (Fsp3) is 0.333. The molecule has 19 heavy (non-hydrogen) atoms. The topological polar surface area (TPSA) is 43.4 Å². The number of ketones is 1. The number of rotatable bonds is 4. The third-order valence-electron chi connectivity index (χ3n) is 2.20. The molecule has 3 nitrogen and oxygen atoms in total. The molecule has 0 amide bonds. The minimum atomic E-state index is -4.90. The van der Waals surface area contributed by atoms with E-state index in [0.717, 1.165) is 6.07 Å². The van der Waals surface area contributed by atoms with Gasteiger partial charge in [-0.1, -0.05) is 0 Å². The second-order valence-corrected chi connectivity index (χ2v) is 3.60. The molecule has 7 heteroatoms. The van der Waals surface area contributed by atoms with Gasteiger partial charge in [-0.05, 0) is 25.1 Å². The smallest absolute Gasteiger partial charge is 0.419 e. The summed E-state index contributed by atoms with van der Waals surface area (Å²) < 4.78 is 54.8. The summed E-state index contributed by atoms with van der Waals surface area (Å²) in [6, 6.07) is 1.82. The average molecular weight is 278 g/mol. The Kier molecular flexibility index (Phi) is 4.63. The van der Waals surface area contributed by atoms with E-state index in [2.05, 4.69) is 4.74 Å². The number of ether oxygens (including phenoxy) is 1. The maximum Gasteiger partial charge on any atom is 0.419 e. The molecular weight excluding hydrogens is 268 g/mol. The van der Waals surface area contributed by atoms with E-state index in [4.69, 9.17) is 0 Å². The molecule has 0 fully saturated rings. The Morgan fingerprint density at radius 3 is 2.42 bits per heavy atom. The van der Waals surface area contributed by atoms with Gasteiger partial charge in [0.1, 0.15) is 12.2 Å². The van der Waals surface area contributed by atoms with Crippen molar-refractivity contribution < 1.29 is 31.9 Å². The Labute approximate surface area is 106 Å². The van der Waals surface area contributed by atoms with Crippen molar-refractivity contribution in [2.75, 3.05) is 6.61 Å². The highest BCUT2D eigenvalue weighted by molar-refractivity contribution is 6.06. The van der Waals surface area contributed by atoms with E-state index in [-0.39, 0.29) is 12.2 Å². The van der Waals surface area contributed by atoms with Crippen LogP contribution in [0.15, 0.2) is 18.2 Å². The fourth-order valence-electron chi connectivity index (χ4n) is 1.36. The summed E-state index contributed by atoms with van der Waals surface area (Å²) in [5.74, 6) is -3.17. The number of halogens is 4. The molecule has 0 aromatic heterocycles. The van der Waals surface area contributed by atoms with Gasteiger partial charge in [0.15, 0.2) is 5.78 Å². The number of Topliss-reactive ketones (excluding diaryl/α,β-unsaturated/α-hetero) is 1. The third-order valence-corrected chi connectivity index (χ3v) is 2.20. The first kappa shape index (κ1) is 15.1. The van der Waals surface area contributed by atoms with Gasteiger partial charge in [-0.25, -0.2) is 4.39 Å². The molecule has 0 aliphatic heterocycles. The maximum absolute atomic E-state index is 13.0. The molecule has 0 saturated heterocycles. The Hall–Kier alpha value is -1.92. The van der Waals surface area contributed by atoms with Crippen LogP contribution in [-0.4, -0.2) is 18.4 Å². The van der Waals surface area contributed by atoms with Gasteiger partial charge in [-0.2, -0.15) is 13.2 Å². The molecule has 0 aliphatic carbocycles. The van der Waals surface area contributed by atoms with Crippen molar-refractivity contribution in [3.63, 3.8) is 0 Å². The van der Waals surface area contributed by atoms with E-state index >= 15 is 0 Å². The summed E-state index contributed by atoms with van der Waals surface area (Å²) in [7, 11) is 0. The SMILES string of the molecule is CCOC(=O)CC(=O)c1ccc(F)c(C(F)(F)F)c1. The second kappa shape index (κ2) is 5.81. The quantitative estimate of drug-likeness (QED) is 0.368. The van der Waals surface area contributed by atoms with Crippen LogP contribution in [-0.2, 0) is 15.7 Å². The standard InChI is InChI=1S/C12H10F4O3/c1-2-19-11(18)6-10(17)7-3-4-9(13)8(5-7)12(14,15)16/h3-5H,2,6H2,1H3. The van der Waals surface area contributed by atoms with Crippen molar-refractivity contribution in [2.24, 2.45) is 0 Å². The van der Waals surface area contributed by atoms with Gasteiger partial charge in [0.05, 0.1) is 12.2 Å². The highest BCUT2D eigenvalue weighted by Gasteiger charge is 2.34. The molecule has 104 valence electrons. The van der Waals surface area contributed by atoms with Crippen LogP contribution in [0.25, 0.3) is 0 Å². The zero-order valence-corrected chi connectivity index (χ0v) is 9.88. The zero-order valence-electron chi connectivity index (χ0n) is 9.88. The first-order chi connectivity index (χ1) is 8.75. The Morgan fingerprint density at radius 2 is 1.89 bits per heavy atom. The minimum Gasteiger partial charge on any atom is -0.466 e. The molecule has 1 aromatic rings. The number of alkyl halides is 3. The molecular formula is C12H10F4O3. The van der Waals surface area contributed by atoms with E-state index in [1.165, 1.54) is 6.92 Å². The van der Waals surface area contributed by atoms with Gasteiger partial charge in [0, 0.05) is 5.56 Å². The van der Waals surface area contributed by atoms with Gasteiger partial charge in [-0.3, -0.25) is 9.59 Å². The molecule has 0 saturated carbocycles. The van der Waals surface area contributed by atoms with Crippen LogP contribution < -0.4 is 0 Å². The first-order valence-electron chi connectivity index (χ1n) is 5.31. The maximum atomic E-state index is 13.0. The Balaban J connectivity index is 2.96. The highest BCUT2D eigenvalue weighted by atomic mass is 19.4. The lowest BCUT2D eigenvalue weighted by Crippen LogP contribution is -2.14. The molecule has 0 atom stereocenters. The van der Waals surface area contributed by atoms with Crippen LogP contribution in [0.4, 0.5) is 17.6 Å². The number of carbonyl (C=O) groups is 2. The van der Waals surface area contributed by atoms with Crippen LogP contribution in [0.2, 0.25) is 0 Å². The molecule has 0 aliphatic rings. The van der Waals surface area contributed by atoms with Gasteiger partial charge < -0.3 is 4.74 Å². The van der Waals surface area contributed by atoms with E-state index in [1.807, 2.05) is 0 Å². The number of esters is 1. The molecule has 1 aromatic carbocycles. The molecule has 0 spiro atoms. The van der Waals surface area contributed by atoms with E-state index in [1.54, 1.807) is 0 Å². The highest BCUT2D eigenvalue weighted by Crippen LogP contribution is 2.32. The number of carbonyl (C=O) groups excluding carboxylic acids is 2. The van der Waals surface area contributed by atoms with Crippen molar-refractivity contribution in [3.8, 4) is 0 Å². The number of benzene rings is 1. The fourth-order valence-corrected chi connectivity index (χ4v) is 1.36. The molecule has 0 N–H and O–H groups in total. The van der Waals surface area contributed by atoms with Crippen molar-refractivity contribution in [1.29, 1.82) is 0 Å². The summed E-state index contributed by atoms with van der Waals surface area (Å²) in [4.78, 5) is 22.6. The summed E-state index contributed by atoms with van der Waals surface area (Å²) in [5, 5.41) is 0. The zero-order chi connectivity index (χ0) is 14.6. The summed E-state index contributed by atoms with van der Waals surface area (Å²) in [6.45, 7) is 1.59. The lowest BCUT2D eigenvalue weighted by Gasteiger charge is -2.09. The van der Waals surface area contributed by atoms with E-state index < -0.39 is 35.7 Å². The number of hydrogen-bond acceptors (Lipinski definition) is 3. The average Bonchev–Trinajstić information content (AvgIpc) is 2.27. The summed E-state index contributed by atoms with van der Waals surface area (Å²) in [6.07, 6.45) is -5.58. The Bertz CT molecular complexity index is 494. The molecule has 0 bridgehead atoms. The van der Waals surface area contributed by atoms with Gasteiger partial charge in [0.2, 0.25) is 0 Å². The normalized spacial score (nSPS) is 11.2. The molecule has 1 rings (SSSR count).